The minimum absolute atomic E-state index is 0.524. The number of nitrogens with two attached hydrogens (primary N) is 1. The van der Waals surface area contributed by atoms with Gasteiger partial charge in [0.1, 0.15) is 0 Å². The summed E-state index contributed by atoms with van der Waals surface area (Å²) in [6, 6.07) is 6.79. The van der Waals surface area contributed by atoms with E-state index < -0.39 is 0 Å². The van der Waals surface area contributed by atoms with Gasteiger partial charge in [0.2, 0.25) is 0 Å². The van der Waals surface area contributed by atoms with Gasteiger partial charge >= 0.3 is 0 Å². The van der Waals surface area contributed by atoms with E-state index in [0.717, 1.165) is 18.9 Å². The fraction of sp³-hybridized carbons (Fsp3) is 0.556. The number of rotatable bonds is 4. The van der Waals surface area contributed by atoms with Gasteiger partial charge in [-0.05, 0) is 55.0 Å². The fourth-order valence-corrected chi connectivity index (χ4v) is 3.83. The zero-order valence-corrected chi connectivity index (χ0v) is 12.5. The normalized spacial score (nSPS) is 18.5. The summed E-state index contributed by atoms with van der Waals surface area (Å²) in [5, 5.41) is 1.39. The summed E-state index contributed by atoms with van der Waals surface area (Å²) in [5.41, 5.74) is 10.3. The molecule has 1 heterocycles. The highest BCUT2D eigenvalue weighted by atomic mass is 14.7. The maximum Gasteiger partial charge on any atom is 0.0457 e. The van der Waals surface area contributed by atoms with Gasteiger partial charge in [-0.1, -0.05) is 32.3 Å². The molecular weight excluding hydrogens is 244 g/mol. The molecule has 1 fully saturated rings. The molecule has 1 atom stereocenters. The van der Waals surface area contributed by atoms with E-state index in [1.165, 1.54) is 54.1 Å². The average molecular weight is 270 g/mol. The highest BCUT2D eigenvalue weighted by Crippen LogP contribution is 2.38. The molecule has 1 saturated carbocycles. The molecule has 0 amide bonds. The molecule has 2 aromatic rings. The van der Waals surface area contributed by atoms with Crippen LogP contribution in [0.25, 0.3) is 10.9 Å². The minimum atomic E-state index is 0.524. The summed E-state index contributed by atoms with van der Waals surface area (Å²) in [4.78, 5) is 3.44. The van der Waals surface area contributed by atoms with E-state index in [1.54, 1.807) is 0 Å². The van der Waals surface area contributed by atoms with Crippen molar-refractivity contribution < 1.29 is 0 Å². The Labute approximate surface area is 121 Å². The molecule has 108 valence electrons. The molecule has 3 rings (SSSR count). The molecule has 1 aliphatic rings. The number of aromatic amines is 1. The summed E-state index contributed by atoms with van der Waals surface area (Å²) >= 11 is 0. The molecule has 1 unspecified atom stereocenters. The first-order valence-electron chi connectivity index (χ1n) is 8.13. The Kier molecular flexibility index (Phi) is 4.11. The molecule has 0 saturated heterocycles. The molecule has 0 spiro atoms. The molecule has 3 N–H and O–H groups in total. The lowest BCUT2D eigenvalue weighted by molar-refractivity contribution is 0.308. The van der Waals surface area contributed by atoms with Crippen LogP contribution < -0.4 is 5.73 Å². The molecular formula is C18H26N2. The third kappa shape index (κ3) is 2.49. The lowest BCUT2D eigenvalue weighted by Gasteiger charge is -2.29. The summed E-state index contributed by atoms with van der Waals surface area (Å²) < 4.78 is 0. The number of aryl methyl sites for hydroxylation is 1. The molecule has 0 bridgehead atoms. The van der Waals surface area contributed by atoms with Crippen LogP contribution >= 0.6 is 0 Å². The molecule has 20 heavy (non-hydrogen) atoms. The molecule has 0 radical (unpaired) electrons. The Hall–Kier alpha value is -1.28. The van der Waals surface area contributed by atoms with Crippen molar-refractivity contribution >= 4 is 10.9 Å². The quantitative estimate of drug-likeness (QED) is 0.852. The van der Waals surface area contributed by atoms with Crippen LogP contribution in [0.4, 0.5) is 0 Å². The van der Waals surface area contributed by atoms with Crippen LogP contribution in [0, 0.1) is 5.92 Å². The van der Waals surface area contributed by atoms with E-state index >= 15 is 0 Å². The van der Waals surface area contributed by atoms with Gasteiger partial charge in [0.25, 0.3) is 0 Å². The monoisotopic (exact) mass is 270 g/mol. The lowest BCUT2D eigenvalue weighted by atomic mass is 9.76. The van der Waals surface area contributed by atoms with Crippen molar-refractivity contribution in [2.24, 2.45) is 11.7 Å². The molecule has 1 aromatic carbocycles. The molecule has 1 aliphatic carbocycles. The predicted octanol–water partition coefficient (Wildman–Crippen LogP) is 4.35. The van der Waals surface area contributed by atoms with Crippen molar-refractivity contribution in [3.05, 3.63) is 35.5 Å². The van der Waals surface area contributed by atoms with Crippen molar-refractivity contribution in [1.82, 2.24) is 4.98 Å². The third-order valence-corrected chi connectivity index (χ3v) is 5.06. The second-order valence-corrected chi connectivity index (χ2v) is 6.22. The van der Waals surface area contributed by atoms with E-state index in [1.807, 2.05) is 0 Å². The summed E-state index contributed by atoms with van der Waals surface area (Å²) in [6.07, 6.45) is 10.2. The van der Waals surface area contributed by atoms with Gasteiger partial charge < -0.3 is 10.7 Å². The van der Waals surface area contributed by atoms with Crippen LogP contribution in [0.15, 0.2) is 24.4 Å². The van der Waals surface area contributed by atoms with Gasteiger partial charge in [-0.3, -0.25) is 0 Å². The zero-order valence-electron chi connectivity index (χ0n) is 12.5. The van der Waals surface area contributed by atoms with E-state index in [9.17, 15) is 0 Å². The fourth-order valence-electron chi connectivity index (χ4n) is 3.83. The van der Waals surface area contributed by atoms with E-state index in [0.29, 0.717) is 5.92 Å². The highest BCUT2D eigenvalue weighted by molar-refractivity contribution is 5.84. The average Bonchev–Trinajstić information content (AvgIpc) is 2.92. The first-order valence-corrected chi connectivity index (χ1v) is 8.13. The second kappa shape index (κ2) is 6.01. The number of aromatic nitrogens is 1. The molecule has 2 heteroatoms. The third-order valence-electron chi connectivity index (χ3n) is 5.06. The highest BCUT2D eigenvalue weighted by Gasteiger charge is 2.25. The SMILES string of the molecule is CCc1ccc2[nH]cc(C(CN)C3CCCCC3)c2c1. The van der Waals surface area contributed by atoms with Crippen molar-refractivity contribution in [2.75, 3.05) is 6.54 Å². The number of hydrogen-bond acceptors (Lipinski definition) is 1. The van der Waals surface area contributed by atoms with Crippen LogP contribution in [0.2, 0.25) is 0 Å². The Bertz CT molecular complexity index is 564. The lowest BCUT2D eigenvalue weighted by Crippen LogP contribution is -2.23. The standard InChI is InChI=1S/C18H26N2/c1-2-13-8-9-18-15(10-13)17(12-20-18)16(11-19)14-6-4-3-5-7-14/h8-10,12,14,16,20H,2-7,11,19H2,1H3. The van der Waals surface area contributed by atoms with Gasteiger partial charge in [-0.15, -0.1) is 0 Å². The summed E-state index contributed by atoms with van der Waals surface area (Å²) in [6.45, 7) is 2.99. The van der Waals surface area contributed by atoms with Gasteiger partial charge in [0.15, 0.2) is 0 Å². The van der Waals surface area contributed by atoms with Crippen LogP contribution in [0.3, 0.4) is 0 Å². The van der Waals surface area contributed by atoms with Gasteiger partial charge in [-0.25, -0.2) is 0 Å². The van der Waals surface area contributed by atoms with Crippen LogP contribution in [0.5, 0.6) is 0 Å². The van der Waals surface area contributed by atoms with Crippen molar-refractivity contribution in [3.8, 4) is 0 Å². The minimum Gasteiger partial charge on any atom is -0.361 e. The Morgan fingerprint density at radius 2 is 2.05 bits per heavy atom. The first kappa shape index (κ1) is 13.7. The zero-order chi connectivity index (χ0) is 13.9. The number of fused-ring (bicyclic) bond motifs is 1. The maximum absolute atomic E-state index is 6.14. The topological polar surface area (TPSA) is 41.8 Å². The van der Waals surface area contributed by atoms with Crippen molar-refractivity contribution in [2.45, 2.75) is 51.4 Å². The van der Waals surface area contributed by atoms with E-state index in [2.05, 4.69) is 36.3 Å². The van der Waals surface area contributed by atoms with E-state index in [4.69, 9.17) is 5.73 Å². The number of nitrogens with one attached hydrogen (secondary N) is 1. The first-order chi connectivity index (χ1) is 9.83. The van der Waals surface area contributed by atoms with Crippen molar-refractivity contribution in [3.63, 3.8) is 0 Å². The Balaban J connectivity index is 1.97. The van der Waals surface area contributed by atoms with Crippen LogP contribution in [0.1, 0.15) is 56.1 Å². The van der Waals surface area contributed by atoms with Gasteiger partial charge in [-0.2, -0.15) is 0 Å². The Morgan fingerprint density at radius 3 is 2.75 bits per heavy atom. The summed E-state index contributed by atoms with van der Waals surface area (Å²) in [5.74, 6) is 1.30. The predicted molar refractivity (Wildman–Crippen MR) is 86.0 cm³/mol. The van der Waals surface area contributed by atoms with Crippen LogP contribution in [-0.2, 0) is 6.42 Å². The van der Waals surface area contributed by atoms with Gasteiger partial charge in [0.05, 0.1) is 0 Å². The number of H-pyrrole nitrogens is 1. The number of benzene rings is 1. The van der Waals surface area contributed by atoms with E-state index in [-0.39, 0.29) is 0 Å². The molecule has 0 aliphatic heterocycles. The van der Waals surface area contributed by atoms with Crippen LogP contribution in [-0.4, -0.2) is 11.5 Å². The molecule has 1 aromatic heterocycles. The second-order valence-electron chi connectivity index (χ2n) is 6.22. The largest absolute Gasteiger partial charge is 0.361 e. The molecule has 2 nitrogen and oxygen atoms in total. The Morgan fingerprint density at radius 1 is 1.25 bits per heavy atom. The maximum atomic E-state index is 6.14. The number of hydrogen-bond donors (Lipinski definition) is 2. The smallest absolute Gasteiger partial charge is 0.0457 e. The summed E-state index contributed by atoms with van der Waals surface area (Å²) in [7, 11) is 0. The van der Waals surface area contributed by atoms with Crippen molar-refractivity contribution in [1.29, 1.82) is 0 Å². The van der Waals surface area contributed by atoms with Gasteiger partial charge in [0, 0.05) is 23.0 Å².